The molecule has 0 spiro atoms. The number of carbonyl (C=O) groups is 1. The molecule has 1 aliphatic heterocycles. The van der Waals surface area contributed by atoms with Crippen molar-refractivity contribution in [3.05, 3.63) is 83.3 Å². The van der Waals surface area contributed by atoms with E-state index in [0.717, 1.165) is 11.3 Å². The van der Waals surface area contributed by atoms with Crippen LogP contribution in [0.4, 0.5) is 0 Å². The third kappa shape index (κ3) is 4.49. The van der Waals surface area contributed by atoms with Gasteiger partial charge >= 0.3 is 0 Å². The summed E-state index contributed by atoms with van der Waals surface area (Å²) in [4.78, 5) is 15.2. The Labute approximate surface area is 176 Å². The maximum absolute atomic E-state index is 13.1. The van der Waals surface area contributed by atoms with Crippen LogP contribution in [0.15, 0.2) is 65.3 Å². The molecule has 0 saturated carbocycles. The van der Waals surface area contributed by atoms with Crippen LogP contribution in [0.1, 0.15) is 29.4 Å². The minimum atomic E-state index is -0.292. The molecule has 1 aliphatic rings. The Bertz CT molecular complexity index is 1000. The van der Waals surface area contributed by atoms with E-state index >= 15 is 0 Å². The van der Waals surface area contributed by atoms with Crippen molar-refractivity contribution < 1.29 is 19.1 Å². The Hall–Kier alpha value is -3.25. The second-order valence-electron chi connectivity index (χ2n) is 7.43. The molecule has 0 radical (unpaired) electrons. The molecule has 6 heteroatoms. The van der Waals surface area contributed by atoms with Gasteiger partial charge in [-0.1, -0.05) is 30.3 Å². The van der Waals surface area contributed by atoms with E-state index in [2.05, 4.69) is 22.3 Å². The Balaban J connectivity index is 1.54. The van der Waals surface area contributed by atoms with Gasteiger partial charge in [-0.25, -0.2) is 0 Å². The molecule has 1 aromatic heterocycles. The predicted octanol–water partition coefficient (Wildman–Crippen LogP) is 3.63. The van der Waals surface area contributed by atoms with Crippen molar-refractivity contribution in [3.63, 3.8) is 0 Å². The number of phenols is 1. The fourth-order valence-electron chi connectivity index (χ4n) is 3.87. The van der Waals surface area contributed by atoms with Crippen LogP contribution in [0.25, 0.3) is 0 Å². The van der Waals surface area contributed by atoms with Crippen LogP contribution in [0.5, 0.6) is 11.5 Å². The van der Waals surface area contributed by atoms with E-state index in [0.29, 0.717) is 38.4 Å². The number of fused-ring (bicyclic) bond motifs is 1. The summed E-state index contributed by atoms with van der Waals surface area (Å²) in [5, 5.41) is 13.0. The Morgan fingerprint density at radius 3 is 2.80 bits per heavy atom. The molecule has 6 nitrogen and oxygen atoms in total. The zero-order valence-electron chi connectivity index (χ0n) is 17.0. The number of hydrogen-bond acceptors (Lipinski definition) is 5. The number of carbonyl (C=O) groups excluding carboxylic acids is 1. The van der Waals surface area contributed by atoms with Crippen LogP contribution in [0.2, 0.25) is 0 Å². The number of nitrogens with zero attached hydrogens (tertiary/aromatic N) is 1. The van der Waals surface area contributed by atoms with Crippen LogP contribution >= 0.6 is 0 Å². The summed E-state index contributed by atoms with van der Waals surface area (Å²) in [5.74, 6) is 1.29. The highest BCUT2D eigenvalue weighted by atomic mass is 16.5. The number of amides is 1. The van der Waals surface area contributed by atoms with E-state index in [1.807, 2.05) is 43.3 Å². The van der Waals surface area contributed by atoms with Gasteiger partial charge in [0.15, 0.2) is 11.5 Å². The minimum Gasteiger partial charge on any atom is -0.504 e. The van der Waals surface area contributed by atoms with Gasteiger partial charge in [-0.15, -0.1) is 0 Å². The zero-order valence-corrected chi connectivity index (χ0v) is 17.0. The van der Waals surface area contributed by atoms with Gasteiger partial charge in [-0.05, 0) is 54.3 Å². The van der Waals surface area contributed by atoms with E-state index in [9.17, 15) is 9.90 Å². The lowest BCUT2D eigenvalue weighted by Gasteiger charge is -2.36. The quantitative estimate of drug-likeness (QED) is 0.627. The predicted molar refractivity (Wildman–Crippen MR) is 113 cm³/mol. The Morgan fingerprint density at radius 1 is 1.20 bits per heavy atom. The highest BCUT2D eigenvalue weighted by molar-refractivity contribution is 5.82. The molecule has 0 saturated heterocycles. The van der Waals surface area contributed by atoms with Crippen molar-refractivity contribution in [2.24, 2.45) is 0 Å². The van der Waals surface area contributed by atoms with E-state index in [1.54, 1.807) is 12.3 Å². The maximum atomic E-state index is 13.1. The summed E-state index contributed by atoms with van der Waals surface area (Å²) in [7, 11) is 0. The molecule has 2 heterocycles. The first kappa shape index (κ1) is 20.0. The molecule has 1 unspecified atom stereocenters. The summed E-state index contributed by atoms with van der Waals surface area (Å²) in [5.41, 5.74) is 3.42. The number of rotatable bonds is 7. The van der Waals surface area contributed by atoms with Crippen molar-refractivity contribution in [1.29, 1.82) is 0 Å². The lowest BCUT2D eigenvalue weighted by Crippen LogP contribution is -2.49. The first-order valence-electron chi connectivity index (χ1n) is 10.2. The Morgan fingerprint density at radius 2 is 2.03 bits per heavy atom. The molecule has 4 rings (SSSR count). The Kier molecular flexibility index (Phi) is 6.05. The van der Waals surface area contributed by atoms with Crippen LogP contribution < -0.4 is 10.1 Å². The number of benzene rings is 2. The van der Waals surface area contributed by atoms with Gasteiger partial charge in [0.1, 0.15) is 5.76 Å². The number of hydrogen-bond donors (Lipinski definition) is 2. The fraction of sp³-hybridized carbons (Fsp3) is 0.292. The van der Waals surface area contributed by atoms with Crippen LogP contribution in [-0.2, 0) is 30.8 Å². The van der Waals surface area contributed by atoms with Crippen molar-refractivity contribution in [3.8, 4) is 11.5 Å². The van der Waals surface area contributed by atoms with Crippen LogP contribution in [0.3, 0.4) is 0 Å². The molecular formula is C24H26N2O4. The highest BCUT2D eigenvalue weighted by Crippen LogP contribution is 2.30. The van der Waals surface area contributed by atoms with Crippen LogP contribution in [-0.4, -0.2) is 28.6 Å². The molecular weight excluding hydrogens is 380 g/mol. The van der Waals surface area contributed by atoms with Gasteiger partial charge in [0.05, 0.1) is 25.5 Å². The topological polar surface area (TPSA) is 74.9 Å². The summed E-state index contributed by atoms with van der Waals surface area (Å²) >= 11 is 0. The lowest BCUT2D eigenvalue weighted by atomic mass is 9.93. The van der Waals surface area contributed by atoms with Crippen molar-refractivity contribution in [1.82, 2.24) is 10.2 Å². The SMILES string of the molecule is CCOc1cc(CN2Cc3ccccc3CC2C(=O)NCc2ccco2)ccc1O. The second kappa shape index (κ2) is 9.05. The molecule has 30 heavy (non-hydrogen) atoms. The average Bonchev–Trinajstić information content (AvgIpc) is 3.28. The standard InChI is InChI=1S/C24H26N2O4/c1-2-29-23-12-17(9-10-22(23)27)15-26-16-19-7-4-3-6-18(19)13-21(26)24(28)25-14-20-8-5-11-30-20/h3-12,21,27H,2,13-16H2,1H3,(H,25,28). The largest absolute Gasteiger partial charge is 0.504 e. The second-order valence-corrected chi connectivity index (χ2v) is 7.43. The third-order valence-corrected chi connectivity index (χ3v) is 5.38. The molecule has 1 amide bonds. The normalized spacial score (nSPS) is 16.1. The summed E-state index contributed by atoms with van der Waals surface area (Å²) < 4.78 is 10.9. The monoisotopic (exact) mass is 406 g/mol. The summed E-state index contributed by atoms with van der Waals surface area (Å²) in [6, 6.07) is 17.0. The third-order valence-electron chi connectivity index (χ3n) is 5.38. The van der Waals surface area contributed by atoms with E-state index in [4.69, 9.17) is 9.15 Å². The van der Waals surface area contributed by atoms with Gasteiger partial charge in [0, 0.05) is 13.1 Å². The molecule has 0 fully saturated rings. The first-order valence-corrected chi connectivity index (χ1v) is 10.2. The van der Waals surface area contributed by atoms with E-state index < -0.39 is 0 Å². The molecule has 0 aliphatic carbocycles. The highest BCUT2D eigenvalue weighted by Gasteiger charge is 2.31. The van der Waals surface area contributed by atoms with Gasteiger partial charge in [-0.2, -0.15) is 0 Å². The maximum Gasteiger partial charge on any atom is 0.238 e. The molecule has 0 bridgehead atoms. The molecule has 2 aromatic carbocycles. The number of phenolic OH excluding ortho intramolecular Hbond substituents is 1. The van der Waals surface area contributed by atoms with Crippen molar-refractivity contribution in [2.45, 2.75) is 39.0 Å². The van der Waals surface area contributed by atoms with E-state index in [1.165, 1.54) is 11.1 Å². The average molecular weight is 406 g/mol. The van der Waals surface area contributed by atoms with Gasteiger partial charge < -0.3 is 19.6 Å². The number of furan rings is 1. The molecule has 2 N–H and O–H groups in total. The van der Waals surface area contributed by atoms with Gasteiger partial charge in [0.25, 0.3) is 0 Å². The smallest absolute Gasteiger partial charge is 0.238 e. The number of aromatic hydroxyl groups is 1. The van der Waals surface area contributed by atoms with Crippen LogP contribution in [0, 0.1) is 0 Å². The van der Waals surface area contributed by atoms with Crippen molar-refractivity contribution in [2.75, 3.05) is 6.61 Å². The molecule has 1 atom stereocenters. The minimum absolute atomic E-state index is 0.0234. The fourth-order valence-corrected chi connectivity index (χ4v) is 3.87. The first-order chi connectivity index (χ1) is 14.6. The van der Waals surface area contributed by atoms with Gasteiger partial charge in [0.2, 0.25) is 5.91 Å². The van der Waals surface area contributed by atoms with Crippen molar-refractivity contribution >= 4 is 5.91 Å². The molecule has 3 aromatic rings. The van der Waals surface area contributed by atoms with Gasteiger partial charge in [-0.3, -0.25) is 9.69 Å². The lowest BCUT2D eigenvalue weighted by molar-refractivity contribution is -0.127. The zero-order chi connectivity index (χ0) is 20.9. The number of nitrogens with one attached hydrogen (secondary N) is 1. The summed E-state index contributed by atoms with van der Waals surface area (Å²) in [6.45, 7) is 3.98. The number of ether oxygens (including phenoxy) is 1. The van der Waals surface area contributed by atoms with E-state index in [-0.39, 0.29) is 17.7 Å². The summed E-state index contributed by atoms with van der Waals surface area (Å²) in [6.07, 6.45) is 2.25. The molecule has 156 valence electrons.